The number of hydrogen-bond acceptors (Lipinski definition) is 4. The van der Waals surface area contributed by atoms with Crippen LogP contribution in [0.15, 0.2) is 66.7 Å². The van der Waals surface area contributed by atoms with Gasteiger partial charge in [-0.3, -0.25) is 14.5 Å². The molecule has 192 valence electrons. The number of aromatic nitrogens is 3. The number of carbonyl (C=O) groups is 2. The highest BCUT2D eigenvalue weighted by Crippen LogP contribution is 2.30. The number of hydrogen-bond donors (Lipinski definition) is 1. The van der Waals surface area contributed by atoms with Crippen molar-refractivity contribution in [3.8, 4) is 0 Å². The molecule has 1 aromatic heterocycles. The van der Waals surface area contributed by atoms with E-state index in [1.807, 2.05) is 81.4 Å². The number of anilines is 1. The van der Waals surface area contributed by atoms with Gasteiger partial charge in [-0.05, 0) is 74.1 Å². The van der Waals surface area contributed by atoms with E-state index < -0.39 is 6.04 Å². The monoisotopic (exact) mass is 497 g/mol. The van der Waals surface area contributed by atoms with Crippen molar-refractivity contribution in [1.29, 1.82) is 0 Å². The molecule has 0 fully saturated rings. The van der Waals surface area contributed by atoms with Crippen molar-refractivity contribution < 1.29 is 9.59 Å². The second-order valence-corrected chi connectivity index (χ2v) is 10.1. The Morgan fingerprint density at radius 2 is 1.59 bits per heavy atom. The SMILES string of the molecule is Cc1ccc([C@H](C(=O)NCCC(C)C)N(C(=O)Cn2nnc3ccccc32)c2cc(C)cc(C)c2)cc1. The molecular formula is C30H35N5O2. The van der Waals surface area contributed by atoms with E-state index in [0.29, 0.717) is 18.2 Å². The van der Waals surface area contributed by atoms with Gasteiger partial charge >= 0.3 is 0 Å². The van der Waals surface area contributed by atoms with Crippen LogP contribution in [0.3, 0.4) is 0 Å². The third kappa shape index (κ3) is 6.23. The second-order valence-electron chi connectivity index (χ2n) is 10.1. The van der Waals surface area contributed by atoms with Crippen LogP contribution in [0.4, 0.5) is 5.69 Å². The van der Waals surface area contributed by atoms with Gasteiger partial charge in [0, 0.05) is 12.2 Å². The highest BCUT2D eigenvalue weighted by Gasteiger charge is 2.33. The Morgan fingerprint density at radius 3 is 2.27 bits per heavy atom. The summed E-state index contributed by atoms with van der Waals surface area (Å²) in [6.45, 7) is 10.7. The van der Waals surface area contributed by atoms with Gasteiger partial charge in [-0.1, -0.05) is 67.1 Å². The molecule has 37 heavy (non-hydrogen) atoms. The summed E-state index contributed by atoms with van der Waals surface area (Å²) in [5, 5.41) is 11.5. The van der Waals surface area contributed by atoms with E-state index in [0.717, 1.165) is 39.7 Å². The van der Waals surface area contributed by atoms with Crippen LogP contribution in [0.5, 0.6) is 0 Å². The van der Waals surface area contributed by atoms with E-state index in [4.69, 9.17) is 0 Å². The van der Waals surface area contributed by atoms with Crippen LogP contribution in [0, 0.1) is 26.7 Å². The Bertz CT molecular complexity index is 1370. The van der Waals surface area contributed by atoms with Gasteiger partial charge in [0.05, 0.1) is 5.52 Å². The Hall–Kier alpha value is -4.00. The fourth-order valence-electron chi connectivity index (χ4n) is 4.51. The molecule has 0 saturated heterocycles. The van der Waals surface area contributed by atoms with Gasteiger partial charge < -0.3 is 5.32 Å². The van der Waals surface area contributed by atoms with Crippen molar-refractivity contribution >= 4 is 28.5 Å². The first kappa shape index (κ1) is 26.1. The number of nitrogens with zero attached hydrogens (tertiary/aromatic N) is 4. The predicted molar refractivity (Wildman–Crippen MR) is 147 cm³/mol. The molecule has 2 amide bonds. The summed E-state index contributed by atoms with van der Waals surface area (Å²) in [7, 11) is 0. The zero-order valence-corrected chi connectivity index (χ0v) is 22.2. The van der Waals surface area contributed by atoms with E-state index in [1.54, 1.807) is 9.58 Å². The Kier molecular flexibility index (Phi) is 8.01. The van der Waals surface area contributed by atoms with E-state index in [2.05, 4.69) is 35.5 Å². The lowest BCUT2D eigenvalue weighted by Crippen LogP contribution is -2.45. The largest absolute Gasteiger partial charge is 0.354 e. The van der Waals surface area contributed by atoms with Gasteiger partial charge in [0.25, 0.3) is 0 Å². The molecule has 0 aliphatic heterocycles. The van der Waals surface area contributed by atoms with Gasteiger partial charge in [-0.2, -0.15) is 0 Å². The molecule has 0 aliphatic carbocycles. The minimum Gasteiger partial charge on any atom is -0.354 e. The minimum atomic E-state index is -0.837. The van der Waals surface area contributed by atoms with Crippen LogP contribution >= 0.6 is 0 Å². The molecule has 4 rings (SSSR count). The average Bonchev–Trinajstić information content (AvgIpc) is 3.25. The zero-order chi connectivity index (χ0) is 26.5. The predicted octanol–water partition coefficient (Wildman–Crippen LogP) is 5.29. The molecule has 7 nitrogen and oxygen atoms in total. The van der Waals surface area contributed by atoms with Gasteiger partial charge in [0.1, 0.15) is 18.1 Å². The van der Waals surface area contributed by atoms with Crippen LogP contribution in [0.2, 0.25) is 0 Å². The summed E-state index contributed by atoms with van der Waals surface area (Å²) in [5.74, 6) is 0.00146. The molecule has 1 N–H and O–H groups in total. The minimum absolute atomic E-state index is 0.0465. The molecule has 4 aromatic rings. The Labute approximate surface area is 218 Å². The van der Waals surface area contributed by atoms with E-state index >= 15 is 0 Å². The highest BCUT2D eigenvalue weighted by atomic mass is 16.2. The lowest BCUT2D eigenvalue weighted by molar-refractivity contribution is -0.127. The summed E-state index contributed by atoms with van der Waals surface area (Å²) in [5.41, 5.74) is 6.03. The number of rotatable bonds is 9. The topological polar surface area (TPSA) is 80.1 Å². The lowest BCUT2D eigenvalue weighted by Gasteiger charge is -2.32. The summed E-state index contributed by atoms with van der Waals surface area (Å²) >= 11 is 0. The van der Waals surface area contributed by atoms with E-state index in [1.165, 1.54) is 0 Å². The number of amides is 2. The first-order valence-electron chi connectivity index (χ1n) is 12.8. The first-order chi connectivity index (χ1) is 17.7. The van der Waals surface area contributed by atoms with Gasteiger partial charge in [-0.15, -0.1) is 5.10 Å². The van der Waals surface area contributed by atoms with E-state index in [9.17, 15) is 9.59 Å². The highest BCUT2D eigenvalue weighted by molar-refractivity contribution is 6.01. The van der Waals surface area contributed by atoms with Crippen LogP contribution in [0.25, 0.3) is 11.0 Å². The molecule has 0 spiro atoms. The van der Waals surface area contributed by atoms with Crippen molar-refractivity contribution in [3.05, 3.63) is 89.0 Å². The van der Waals surface area contributed by atoms with E-state index in [-0.39, 0.29) is 18.4 Å². The first-order valence-corrected chi connectivity index (χ1v) is 12.8. The molecule has 0 bridgehead atoms. The maximum Gasteiger partial charge on any atom is 0.249 e. The van der Waals surface area contributed by atoms with Crippen LogP contribution in [-0.2, 0) is 16.1 Å². The molecule has 0 aliphatic rings. The van der Waals surface area contributed by atoms with Gasteiger partial charge in [0.2, 0.25) is 11.8 Å². The Balaban J connectivity index is 1.79. The average molecular weight is 498 g/mol. The van der Waals surface area contributed by atoms with Crippen LogP contribution in [-0.4, -0.2) is 33.4 Å². The standard InChI is InChI=1S/C30H35N5O2/c1-20(2)14-15-31-30(37)29(24-12-10-21(3)11-13-24)35(25-17-22(4)16-23(5)18-25)28(36)19-34-27-9-7-6-8-26(27)32-33-34/h6-13,16-18,20,29H,14-15,19H2,1-5H3,(H,31,37)/t29-/m1/s1. The summed E-state index contributed by atoms with van der Waals surface area (Å²) < 4.78 is 1.59. The molecule has 0 radical (unpaired) electrons. The molecule has 0 unspecified atom stereocenters. The number of para-hydroxylation sites is 1. The summed E-state index contributed by atoms with van der Waals surface area (Å²) in [4.78, 5) is 29.5. The third-order valence-corrected chi connectivity index (χ3v) is 6.38. The fourth-order valence-corrected chi connectivity index (χ4v) is 4.51. The van der Waals surface area contributed by atoms with Crippen molar-refractivity contribution in [3.63, 3.8) is 0 Å². The maximum atomic E-state index is 14.1. The van der Waals surface area contributed by atoms with Crippen molar-refractivity contribution in [1.82, 2.24) is 20.3 Å². The van der Waals surface area contributed by atoms with Crippen LogP contribution < -0.4 is 10.2 Å². The van der Waals surface area contributed by atoms with Crippen molar-refractivity contribution in [2.24, 2.45) is 5.92 Å². The van der Waals surface area contributed by atoms with Gasteiger partial charge in [-0.25, -0.2) is 4.68 Å². The van der Waals surface area contributed by atoms with Crippen molar-refractivity contribution in [2.45, 2.75) is 53.6 Å². The number of carbonyl (C=O) groups excluding carboxylic acids is 2. The maximum absolute atomic E-state index is 14.1. The Morgan fingerprint density at radius 1 is 0.919 bits per heavy atom. The number of fused-ring (bicyclic) bond motifs is 1. The van der Waals surface area contributed by atoms with Crippen molar-refractivity contribution in [2.75, 3.05) is 11.4 Å². The van der Waals surface area contributed by atoms with Crippen LogP contribution in [0.1, 0.15) is 48.6 Å². The summed E-state index contributed by atoms with van der Waals surface area (Å²) in [6.07, 6.45) is 0.856. The number of benzene rings is 3. The molecular weight excluding hydrogens is 462 g/mol. The smallest absolute Gasteiger partial charge is 0.249 e. The molecule has 7 heteroatoms. The normalized spacial score (nSPS) is 12.1. The number of nitrogens with one attached hydrogen (secondary N) is 1. The summed E-state index contributed by atoms with van der Waals surface area (Å²) in [6, 6.07) is 20.5. The molecule has 3 aromatic carbocycles. The molecule has 1 atom stereocenters. The lowest BCUT2D eigenvalue weighted by atomic mass is 10.0. The second kappa shape index (κ2) is 11.4. The molecule has 0 saturated carbocycles. The quantitative estimate of drug-likeness (QED) is 0.341. The molecule has 1 heterocycles. The third-order valence-electron chi connectivity index (χ3n) is 6.38. The zero-order valence-electron chi connectivity index (χ0n) is 22.2. The fraction of sp³-hybridized carbons (Fsp3) is 0.333. The van der Waals surface area contributed by atoms with Gasteiger partial charge in [0.15, 0.2) is 0 Å². The number of aryl methyl sites for hydroxylation is 3.